The molecule has 1 unspecified atom stereocenters. The van der Waals surface area contributed by atoms with Gasteiger partial charge in [-0.15, -0.1) is 0 Å². The number of nitrogen functional groups attached to an aromatic ring is 1. The summed E-state index contributed by atoms with van der Waals surface area (Å²) in [6, 6.07) is 2.19. The summed E-state index contributed by atoms with van der Waals surface area (Å²) in [5, 5.41) is -0.724. The Balaban J connectivity index is 2.24. The number of sulfonamides is 1. The van der Waals surface area contributed by atoms with Crippen LogP contribution in [0, 0.1) is 12.7 Å². The summed E-state index contributed by atoms with van der Waals surface area (Å²) in [5.41, 5.74) is 5.40. The van der Waals surface area contributed by atoms with E-state index in [1.54, 1.807) is 0 Å². The van der Waals surface area contributed by atoms with E-state index in [2.05, 4.69) is 4.72 Å². The van der Waals surface area contributed by atoms with Crippen LogP contribution in [0.4, 0.5) is 10.1 Å². The fourth-order valence-corrected chi connectivity index (χ4v) is 5.56. The first-order chi connectivity index (χ1) is 9.63. The maximum atomic E-state index is 13.6. The van der Waals surface area contributed by atoms with E-state index >= 15 is 0 Å². The molecule has 0 radical (unpaired) electrons. The van der Waals surface area contributed by atoms with Crippen LogP contribution in [0.15, 0.2) is 17.0 Å². The van der Waals surface area contributed by atoms with Crippen LogP contribution in [-0.4, -0.2) is 34.4 Å². The van der Waals surface area contributed by atoms with Crippen LogP contribution >= 0.6 is 0 Å². The number of benzene rings is 1. The Labute approximate surface area is 123 Å². The third-order valence-corrected chi connectivity index (χ3v) is 7.40. The summed E-state index contributed by atoms with van der Waals surface area (Å²) < 4.78 is 63.6. The molecule has 1 fully saturated rings. The lowest BCUT2D eigenvalue weighted by molar-refractivity contribution is 0.566. The van der Waals surface area contributed by atoms with E-state index in [1.807, 2.05) is 0 Å². The van der Waals surface area contributed by atoms with Crippen molar-refractivity contribution in [2.75, 3.05) is 18.0 Å². The minimum absolute atomic E-state index is 0.00744. The molecule has 0 aromatic heterocycles. The van der Waals surface area contributed by atoms with Crippen LogP contribution in [0.1, 0.15) is 18.4 Å². The molecule has 1 heterocycles. The molecule has 1 aliphatic heterocycles. The predicted octanol–water partition coefficient (Wildman–Crippen LogP) is 0.572. The van der Waals surface area contributed by atoms with Gasteiger partial charge in [-0.05, 0) is 31.9 Å². The quantitative estimate of drug-likeness (QED) is 0.782. The lowest BCUT2D eigenvalue weighted by Gasteiger charge is -2.13. The Kier molecular flexibility index (Phi) is 4.27. The summed E-state index contributed by atoms with van der Waals surface area (Å²) in [6.45, 7) is 1.12. The second-order valence-corrected chi connectivity index (χ2v) is 9.24. The second kappa shape index (κ2) is 5.54. The molecule has 9 heteroatoms. The number of anilines is 1. The molecule has 1 aromatic carbocycles. The normalized spacial score (nSPS) is 21.5. The lowest BCUT2D eigenvalue weighted by atomic mass is 10.2. The van der Waals surface area contributed by atoms with Gasteiger partial charge in [0.2, 0.25) is 10.0 Å². The minimum atomic E-state index is -4.01. The Morgan fingerprint density at radius 3 is 2.67 bits per heavy atom. The van der Waals surface area contributed by atoms with Crippen LogP contribution in [0.5, 0.6) is 0 Å². The highest BCUT2D eigenvalue weighted by atomic mass is 32.2. The highest BCUT2D eigenvalue weighted by molar-refractivity contribution is 7.92. The molecule has 0 spiro atoms. The van der Waals surface area contributed by atoms with Crippen LogP contribution in [0.25, 0.3) is 0 Å². The first-order valence-corrected chi connectivity index (χ1v) is 9.60. The van der Waals surface area contributed by atoms with Crippen molar-refractivity contribution in [3.63, 3.8) is 0 Å². The monoisotopic (exact) mass is 336 g/mol. The van der Waals surface area contributed by atoms with Gasteiger partial charge in [-0.1, -0.05) is 0 Å². The largest absolute Gasteiger partial charge is 0.399 e. The number of hydrogen-bond acceptors (Lipinski definition) is 5. The van der Waals surface area contributed by atoms with Gasteiger partial charge in [-0.3, -0.25) is 0 Å². The second-order valence-electron chi connectivity index (χ2n) is 5.11. The van der Waals surface area contributed by atoms with Crippen LogP contribution in [0.3, 0.4) is 0 Å². The molecule has 1 aromatic rings. The first-order valence-electron chi connectivity index (χ1n) is 6.40. The van der Waals surface area contributed by atoms with Gasteiger partial charge in [-0.25, -0.2) is 25.9 Å². The Bertz CT molecular complexity index is 760. The summed E-state index contributed by atoms with van der Waals surface area (Å²) in [4.78, 5) is -0.268. The lowest BCUT2D eigenvalue weighted by Crippen LogP contribution is -2.35. The van der Waals surface area contributed by atoms with Crippen molar-refractivity contribution in [1.82, 2.24) is 4.72 Å². The predicted molar refractivity (Wildman–Crippen MR) is 77.5 cm³/mol. The average molecular weight is 336 g/mol. The summed E-state index contributed by atoms with van der Waals surface area (Å²) in [5.74, 6) is -0.644. The van der Waals surface area contributed by atoms with Gasteiger partial charge in [0, 0.05) is 17.8 Å². The van der Waals surface area contributed by atoms with E-state index in [4.69, 9.17) is 5.73 Å². The molecule has 0 amide bonds. The molecule has 1 atom stereocenters. The molecule has 6 nitrogen and oxygen atoms in total. The van der Waals surface area contributed by atoms with Gasteiger partial charge in [0.25, 0.3) is 0 Å². The molecular formula is C12H17FN2O4S2. The molecule has 1 saturated heterocycles. The van der Waals surface area contributed by atoms with Crippen molar-refractivity contribution in [2.45, 2.75) is 29.9 Å². The fourth-order valence-electron chi connectivity index (χ4n) is 2.32. The Morgan fingerprint density at radius 2 is 2.10 bits per heavy atom. The molecule has 0 bridgehead atoms. The number of rotatable bonds is 4. The topological polar surface area (TPSA) is 106 Å². The zero-order valence-electron chi connectivity index (χ0n) is 11.5. The Hall–Kier alpha value is -1.19. The average Bonchev–Trinajstić information content (AvgIpc) is 2.70. The van der Waals surface area contributed by atoms with Crippen molar-refractivity contribution < 1.29 is 21.2 Å². The van der Waals surface area contributed by atoms with Crippen molar-refractivity contribution in [3.05, 3.63) is 23.5 Å². The number of nitrogens with two attached hydrogens (primary N) is 1. The number of nitrogens with one attached hydrogen (secondary N) is 1. The van der Waals surface area contributed by atoms with Crippen molar-refractivity contribution in [3.8, 4) is 0 Å². The zero-order chi connectivity index (χ0) is 15.8. The SMILES string of the molecule is Cc1c(F)cc(N)cc1S(=O)(=O)NCC1CCCS1(=O)=O. The number of sulfone groups is 1. The standard InChI is InChI=1S/C12H17FN2O4S2/c1-8-11(13)5-9(14)6-12(8)21(18,19)15-7-10-3-2-4-20(10,16)17/h5-6,10,15H,2-4,7,14H2,1H3. The van der Waals surface area contributed by atoms with Gasteiger partial charge < -0.3 is 5.73 Å². The third-order valence-electron chi connectivity index (χ3n) is 3.57. The molecule has 118 valence electrons. The van der Waals surface area contributed by atoms with Gasteiger partial charge in [0.05, 0.1) is 15.9 Å². The molecule has 21 heavy (non-hydrogen) atoms. The van der Waals surface area contributed by atoms with Gasteiger partial charge in [0.1, 0.15) is 5.82 Å². The first kappa shape index (κ1) is 16.2. The van der Waals surface area contributed by atoms with Crippen molar-refractivity contribution >= 4 is 25.5 Å². The maximum Gasteiger partial charge on any atom is 0.241 e. The fraction of sp³-hybridized carbons (Fsp3) is 0.500. The zero-order valence-corrected chi connectivity index (χ0v) is 13.1. The van der Waals surface area contributed by atoms with Gasteiger partial charge in [-0.2, -0.15) is 0 Å². The Morgan fingerprint density at radius 1 is 1.43 bits per heavy atom. The van der Waals surface area contributed by atoms with Gasteiger partial charge in [0.15, 0.2) is 9.84 Å². The van der Waals surface area contributed by atoms with E-state index in [9.17, 15) is 21.2 Å². The minimum Gasteiger partial charge on any atom is -0.399 e. The smallest absolute Gasteiger partial charge is 0.241 e. The molecule has 0 saturated carbocycles. The summed E-state index contributed by atoms with van der Waals surface area (Å²) in [6.07, 6.45) is 0.954. The highest BCUT2D eigenvalue weighted by Gasteiger charge is 2.32. The molecule has 2 rings (SSSR count). The van der Waals surface area contributed by atoms with Crippen molar-refractivity contribution in [1.29, 1.82) is 0 Å². The van der Waals surface area contributed by atoms with E-state index in [1.165, 1.54) is 6.92 Å². The maximum absolute atomic E-state index is 13.6. The van der Waals surface area contributed by atoms with E-state index in [-0.39, 0.29) is 28.4 Å². The van der Waals surface area contributed by atoms with Crippen molar-refractivity contribution in [2.24, 2.45) is 0 Å². The number of halogens is 1. The third kappa shape index (κ3) is 3.35. The molecule has 3 N–H and O–H groups in total. The van der Waals surface area contributed by atoms with E-state index in [0.717, 1.165) is 12.1 Å². The van der Waals surface area contributed by atoms with Crippen LogP contribution < -0.4 is 10.5 Å². The van der Waals surface area contributed by atoms with Crippen LogP contribution in [-0.2, 0) is 19.9 Å². The van der Waals surface area contributed by atoms with E-state index in [0.29, 0.717) is 12.8 Å². The summed E-state index contributed by atoms with van der Waals surface area (Å²) >= 11 is 0. The molecule has 1 aliphatic rings. The molecule has 0 aliphatic carbocycles. The van der Waals surface area contributed by atoms with E-state index < -0.39 is 30.9 Å². The highest BCUT2D eigenvalue weighted by Crippen LogP contribution is 2.23. The number of hydrogen-bond donors (Lipinski definition) is 2. The molecular weight excluding hydrogens is 319 g/mol. The van der Waals surface area contributed by atoms with Gasteiger partial charge >= 0.3 is 0 Å². The summed E-state index contributed by atoms with van der Waals surface area (Å²) in [7, 11) is -7.25. The van der Waals surface area contributed by atoms with Crippen LogP contribution in [0.2, 0.25) is 0 Å².